The van der Waals surface area contributed by atoms with Crippen LogP contribution in [0.15, 0.2) is 45.6 Å². The smallest absolute Gasteiger partial charge is 0.144 e. The van der Waals surface area contributed by atoms with Crippen LogP contribution in [0.3, 0.4) is 0 Å². The van der Waals surface area contributed by atoms with Crippen molar-refractivity contribution >= 4 is 44.6 Å². The van der Waals surface area contributed by atoms with E-state index >= 15 is 0 Å². The summed E-state index contributed by atoms with van der Waals surface area (Å²) >= 11 is 4.06. The minimum Gasteiger partial charge on any atom is -0.464 e. The van der Waals surface area contributed by atoms with Gasteiger partial charge in [0, 0.05) is 41.4 Å². The van der Waals surface area contributed by atoms with Gasteiger partial charge in [0.1, 0.15) is 11.2 Å². The molecule has 0 amide bonds. The van der Waals surface area contributed by atoms with Gasteiger partial charge in [-0.05, 0) is 86.8 Å². The van der Waals surface area contributed by atoms with Crippen LogP contribution in [0.5, 0.6) is 0 Å². The number of aryl methyl sites for hydroxylation is 4. The monoisotopic (exact) mass is 771 g/mol. The summed E-state index contributed by atoms with van der Waals surface area (Å²) in [6, 6.07) is 9.49. The summed E-state index contributed by atoms with van der Waals surface area (Å²) in [4.78, 5) is 5.92. The van der Waals surface area contributed by atoms with E-state index in [2.05, 4.69) is 52.0 Å². The van der Waals surface area contributed by atoms with Crippen molar-refractivity contribution in [1.29, 1.82) is 0 Å². The summed E-state index contributed by atoms with van der Waals surface area (Å²) in [5.74, 6) is 0. The molecule has 5 rings (SSSR count). The number of unbranched alkanes of at least 4 members (excludes halogenated alkanes) is 20. The van der Waals surface area contributed by atoms with Crippen molar-refractivity contribution in [2.75, 3.05) is 0 Å². The maximum atomic E-state index is 6.49. The van der Waals surface area contributed by atoms with Gasteiger partial charge in [-0.2, -0.15) is 0 Å². The van der Waals surface area contributed by atoms with Crippen LogP contribution in [0.1, 0.15) is 203 Å². The number of fused-ring (bicyclic) bond motifs is 2. The van der Waals surface area contributed by atoms with Crippen LogP contribution in [-0.4, -0.2) is 0 Å². The van der Waals surface area contributed by atoms with Crippen LogP contribution < -0.4 is 0 Å². The van der Waals surface area contributed by atoms with Crippen molar-refractivity contribution in [3.63, 3.8) is 0 Å². The van der Waals surface area contributed by atoms with Crippen LogP contribution in [0, 0.1) is 0 Å². The number of rotatable bonds is 30. The van der Waals surface area contributed by atoms with E-state index in [9.17, 15) is 0 Å². The molecule has 0 N–H and O–H groups in total. The molecule has 0 aliphatic carbocycles. The van der Waals surface area contributed by atoms with E-state index < -0.39 is 0 Å². The molecule has 0 aliphatic rings. The zero-order valence-electron chi connectivity index (χ0n) is 34.9. The van der Waals surface area contributed by atoms with Crippen LogP contribution in [0.25, 0.3) is 42.8 Å². The number of furan rings is 2. The second-order valence-electron chi connectivity index (χ2n) is 16.3. The first-order valence-electron chi connectivity index (χ1n) is 22.8. The van der Waals surface area contributed by atoms with Crippen molar-refractivity contribution in [2.24, 2.45) is 0 Å². The Bertz CT molecular complexity index is 1500. The van der Waals surface area contributed by atoms with Crippen LogP contribution in [-0.2, 0) is 25.7 Å². The molecular weight excluding hydrogens is 697 g/mol. The molecular formula is C50H74O2S2. The van der Waals surface area contributed by atoms with Crippen LogP contribution in [0.2, 0.25) is 0 Å². The van der Waals surface area contributed by atoms with E-state index in [0.29, 0.717) is 0 Å². The fourth-order valence-electron chi connectivity index (χ4n) is 8.48. The molecule has 1 aromatic carbocycles. The number of hydrogen-bond donors (Lipinski definition) is 0. The highest BCUT2D eigenvalue weighted by molar-refractivity contribution is 7.16. The predicted octanol–water partition coefficient (Wildman–Crippen LogP) is 18.2. The van der Waals surface area contributed by atoms with Crippen LogP contribution >= 0.6 is 22.7 Å². The zero-order valence-corrected chi connectivity index (χ0v) is 36.5. The largest absolute Gasteiger partial charge is 0.464 e. The molecule has 5 aromatic rings. The third kappa shape index (κ3) is 12.3. The van der Waals surface area contributed by atoms with Gasteiger partial charge in [0.25, 0.3) is 0 Å². The summed E-state index contributed by atoms with van der Waals surface area (Å²) in [5.41, 5.74) is 7.69. The first-order chi connectivity index (χ1) is 26.7. The molecule has 0 bridgehead atoms. The lowest BCUT2D eigenvalue weighted by Crippen LogP contribution is -1.91. The Hall–Kier alpha value is -2.30. The first kappa shape index (κ1) is 42.8. The van der Waals surface area contributed by atoms with Crippen molar-refractivity contribution < 1.29 is 8.83 Å². The van der Waals surface area contributed by atoms with Gasteiger partial charge in [0.05, 0.1) is 12.5 Å². The molecule has 2 nitrogen and oxygen atoms in total. The van der Waals surface area contributed by atoms with E-state index in [1.165, 1.54) is 211 Å². The summed E-state index contributed by atoms with van der Waals surface area (Å²) in [6.07, 6.45) is 40.9. The Labute approximate surface area is 337 Å². The Morgan fingerprint density at radius 3 is 1.06 bits per heavy atom. The van der Waals surface area contributed by atoms with E-state index in [4.69, 9.17) is 8.83 Å². The van der Waals surface area contributed by atoms with Gasteiger partial charge in [0.15, 0.2) is 0 Å². The third-order valence-electron chi connectivity index (χ3n) is 11.7. The lowest BCUT2D eigenvalue weighted by atomic mass is 9.97. The van der Waals surface area contributed by atoms with E-state index in [1.807, 2.05) is 35.2 Å². The zero-order chi connectivity index (χ0) is 37.8. The fourth-order valence-corrected chi connectivity index (χ4v) is 11.1. The maximum absolute atomic E-state index is 6.49. The average Bonchev–Trinajstić information content (AvgIpc) is 4.01. The predicted molar refractivity (Wildman–Crippen MR) is 241 cm³/mol. The Morgan fingerprint density at radius 2 is 0.704 bits per heavy atom. The molecule has 4 heterocycles. The number of thiophene rings is 2. The Balaban J connectivity index is 1.44. The quantitative estimate of drug-likeness (QED) is 0.0435. The second-order valence-corrected chi connectivity index (χ2v) is 18.5. The highest BCUT2D eigenvalue weighted by Gasteiger charge is 2.25. The van der Waals surface area contributed by atoms with Crippen molar-refractivity contribution in [3.8, 4) is 20.9 Å². The molecule has 4 heteroatoms. The summed E-state index contributed by atoms with van der Waals surface area (Å²) in [6.45, 7) is 9.24. The fraction of sp³-hybridized carbons (Fsp3) is 0.640. The number of benzene rings is 1. The second kappa shape index (κ2) is 24.4. The van der Waals surface area contributed by atoms with Crippen molar-refractivity contribution in [3.05, 3.63) is 57.7 Å². The summed E-state index contributed by atoms with van der Waals surface area (Å²) in [7, 11) is 0. The standard InChI is InChI=1S/C50H74O2S2/c1-5-9-13-17-21-25-29-39-37-45(53-43(39)31-27-23-19-15-11-7-3)47-41-33-35-52-50(41)48(42-34-36-51-49(42)47)46-38-40(30-26-22-18-14-10-6-2)44(54-46)32-28-24-20-16-12-8-4/h33-38H,5-32H2,1-4H3. The van der Waals surface area contributed by atoms with E-state index in [1.54, 1.807) is 20.9 Å². The molecule has 0 fully saturated rings. The Morgan fingerprint density at radius 1 is 0.389 bits per heavy atom. The van der Waals surface area contributed by atoms with Gasteiger partial charge >= 0.3 is 0 Å². The van der Waals surface area contributed by atoms with Gasteiger partial charge in [-0.1, -0.05) is 156 Å². The molecule has 298 valence electrons. The summed E-state index contributed by atoms with van der Waals surface area (Å²) < 4.78 is 13.0. The molecule has 54 heavy (non-hydrogen) atoms. The molecule has 0 spiro atoms. The van der Waals surface area contributed by atoms with Crippen molar-refractivity contribution in [1.82, 2.24) is 0 Å². The molecule has 4 aromatic heterocycles. The average molecular weight is 771 g/mol. The Kier molecular flexibility index (Phi) is 19.3. The van der Waals surface area contributed by atoms with Gasteiger partial charge < -0.3 is 8.83 Å². The van der Waals surface area contributed by atoms with Gasteiger partial charge in [-0.3, -0.25) is 0 Å². The highest BCUT2D eigenvalue weighted by Crippen LogP contribution is 2.49. The first-order valence-corrected chi connectivity index (χ1v) is 24.5. The minimum absolute atomic E-state index is 1.03. The number of hydrogen-bond acceptors (Lipinski definition) is 4. The molecule has 0 saturated carbocycles. The molecule has 0 radical (unpaired) electrons. The lowest BCUT2D eigenvalue weighted by Gasteiger charge is -2.08. The lowest BCUT2D eigenvalue weighted by molar-refractivity contribution is 0.601. The molecule has 0 saturated heterocycles. The molecule has 0 aliphatic heterocycles. The summed E-state index contributed by atoms with van der Waals surface area (Å²) in [5, 5.41) is 2.41. The van der Waals surface area contributed by atoms with E-state index in [-0.39, 0.29) is 0 Å². The SMILES string of the molecule is CCCCCCCCc1cc(-c2c3ccoc3c(-c3cc(CCCCCCCC)c(CCCCCCCC)s3)c3ccoc23)sc1CCCCCCCC. The maximum Gasteiger partial charge on any atom is 0.144 e. The third-order valence-corrected chi connectivity index (χ3v) is 14.2. The topological polar surface area (TPSA) is 26.3 Å². The van der Waals surface area contributed by atoms with Crippen molar-refractivity contribution in [2.45, 2.75) is 207 Å². The molecule has 0 unspecified atom stereocenters. The van der Waals surface area contributed by atoms with Gasteiger partial charge in [0.2, 0.25) is 0 Å². The molecule has 0 atom stereocenters. The normalized spacial score (nSPS) is 11.9. The van der Waals surface area contributed by atoms with Gasteiger partial charge in [-0.25, -0.2) is 0 Å². The van der Waals surface area contributed by atoms with E-state index in [0.717, 1.165) is 11.2 Å². The highest BCUT2D eigenvalue weighted by atomic mass is 32.1. The van der Waals surface area contributed by atoms with Crippen LogP contribution in [0.4, 0.5) is 0 Å². The minimum atomic E-state index is 1.03. The van der Waals surface area contributed by atoms with Gasteiger partial charge in [-0.15, -0.1) is 22.7 Å².